The molecule has 0 radical (unpaired) electrons. The van der Waals surface area contributed by atoms with E-state index in [-0.39, 0.29) is 11.9 Å². The Balaban J connectivity index is 1.54. The monoisotopic (exact) mass is 374 g/mol. The summed E-state index contributed by atoms with van der Waals surface area (Å²) in [6.45, 7) is 7.98. The van der Waals surface area contributed by atoms with Crippen LogP contribution < -0.4 is 10.2 Å². The number of likely N-dealkylation sites (N-methyl/N-ethyl adjacent to an activating group) is 1. The van der Waals surface area contributed by atoms with Crippen LogP contribution in [0.3, 0.4) is 0 Å². The predicted octanol–water partition coefficient (Wildman–Crippen LogP) is 2.75. The summed E-state index contributed by atoms with van der Waals surface area (Å²) in [6.07, 6.45) is 1.88. The van der Waals surface area contributed by atoms with Gasteiger partial charge in [0.2, 0.25) is 5.91 Å². The lowest BCUT2D eigenvalue weighted by Gasteiger charge is -2.29. The van der Waals surface area contributed by atoms with E-state index in [0.717, 1.165) is 49.2 Å². The molecule has 0 aliphatic carbocycles. The molecular weight excluding hydrogens is 348 g/mol. The molecule has 1 unspecified atom stereocenters. The van der Waals surface area contributed by atoms with E-state index >= 15 is 0 Å². The second-order valence-electron chi connectivity index (χ2n) is 6.57. The molecule has 1 atom stereocenters. The van der Waals surface area contributed by atoms with Gasteiger partial charge in [0.25, 0.3) is 0 Å². The third kappa shape index (κ3) is 4.81. The smallest absolute Gasteiger partial charge is 0.241 e. The summed E-state index contributed by atoms with van der Waals surface area (Å²) >= 11 is 1.67. The number of nitrogens with zero attached hydrogens (tertiary/aromatic N) is 3. The Kier molecular flexibility index (Phi) is 6.24. The minimum Gasteiger partial charge on any atom is -0.378 e. The number of ether oxygens (including phenoxy) is 1. The number of benzene rings is 1. The van der Waals surface area contributed by atoms with Crippen LogP contribution in [-0.4, -0.2) is 55.2 Å². The van der Waals surface area contributed by atoms with Crippen LogP contribution in [-0.2, 0) is 16.1 Å². The minimum absolute atomic E-state index is 0.00661. The van der Waals surface area contributed by atoms with Crippen molar-refractivity contribution < 1.29 is 9.53 Å². The number of hydrogen-bond donors (Lipinski definition) is 1. The third-order valence-electron chi connectivity index (χ3n) is 4.63. The Bertz CT molecular complexity index is 725. The molecule has 1 fully saturated rings. The fourth-order valence-electron chi connectivity index (χ4n) is 2.89. The Labute approximate surface area is 158 Å². The van der Waals surface area contributed by atoms with E-state index in [1.165, 1.54) is 4.88 Å². The average molecular weight is 375 g/mol. The van der Waals surface area contributed by atoms with Crippen molar-refractivity contribution in [1.29, 1.82) is 0 Å². The number of carbonyl (C=O) groups is 1. The summed E-state index contributed by atoms with van der Waals surface area (Å²) in [4.78, 5) is 22.3. The van der Waals surface area contributed by atoms with E-state index in [1.54, 1.807) is 11.3 Å². The van der Waals surface area contributed by atoms with Crippen LogP contribution in [0.4, 0.5) is 11.4 Å². The largest absolute Gasteiger partial charge is 0.378 e. The standard InChI is InChI=1S/C19H26N4O2S/c1-14(22(3)13-18-12-20-15(2)26-18)19(24)21-16-4-6-17(7-5-16)23-8-10-25-11-9-23/h4-7,12,14H,8-11,13H2,1-3H3,(H,21,24). The van der Waals surface area contributed by atoms with E-state index in [9.17, 15) is 4.79 Å². The summed E-state index contributed by atoms with van der Waals surface area (Å²) in [7, 11) is 1.96. The maximum atomic E-state index is 12.5. The zero-order valence-electron chi connectivity index (χ0n) is 15.6. The summed E-state index contributed by atoms with van der Waals surface area (Å²) in [5.41, 5.74) is 1.98. The van der Waals surface area contributed by atoms with E-state index < -0.39 is 0 Å². The van der Waals surface area contributed by atoms with Crippen molar-refractivity contribution >= 4 is 28.6 Å². The van der Waals surface area contributed by atoms with Gasteiger partial charge in [-0.05, 0) is 45.2 Å². The fraction of sp³-hybridized carbons (Fsp3) is 0.474. The summed E-state index contributed by atoms with van der Waals surface area (Å²) in [6, 6.07) is 7.80. The molecule has 1 aliphatic heterocycles. The number of thiazole rings is 1. The number of hydrogen-bond acceptors (Lipinski definition) is 6. The molecule has 1 N–H and O–H groups in total. The molecule has 1 saturated heterocycles. The van der Waals surface area contributed by atoms with Gasteiger partial charge in [-0.25, -0.2) is 4.98 Å². The van der Waals surface area contributed by atoms with Gasteiger partial charge >= 0.3 is 0 Å². The molecule has 2 heterocycles. The second kappa shape index (κ2) is 8.62. The highest BCUT2D eigenvalue weighted by Crippen LogP contribution is 2.20. The fourth-order valence-corrected chi connectivity index (χ4v) is 3.74. The van der Waals surface area contributed by atoms with E-state index in [2.05, 4.69) is 27.3 Å². The molecular formula is C19H26N4O2S. The average Bonchev–Trinajstić information content (AvgIpc) is 3.07. The van der Waals surface area contributed by atoms with Crippen molar-refractivity contribution in [3.63, 3.8) is 0 Å². The van der Waals surface area contributed by atoms with Crippen LogP contribution in [0, 0.1) is 6.92 Å². The van der Waals surface area contributed by atoms with Gasteiger partial charge in [0.1, 0.15) is 0 Å². The van der Waals surface area contributed by atoms with Gasteiger partial charge in [-0.1, -0.05) is 0 Å². The van der Waals surface area contributed by atoms with Gasteiger partial charge in [0.05, 0.1) is 24.3 Å². The zero-order valence-corrected chi connectivity index (χ0v) is 16.4. The molecule has 140 valence electrons. The molecule has 0 spiro atoms. The molecule has 0 saturated carbocycles. The molecule has 7 heteroatoms. The first kappa shape index (κ1) is 18.8. The van der Waals surface area contributed by atoms with Crippen LogP contribution in [0.1, 0.15) is 16.8 Å². The Morgan fingerprint density at radius 1 is 1.35 bits per heavy atom. The molecule has 26 heavy (non-hydrogen) atoms. The van der Waals surface area contributed by atoms with Gasteiger partial charge in [0, 0.05) is 42.1 Å². The molecule has 3 rings (SSSR count). The number of morpholine rings is 1. The second-order valence-corrected chi connectivity index (χ2v) is 7.89. The van der Waals surface area contributed by atoms with Crippen molar-refractivity contribution in [3.8, 4) is 0 Å². The Hall–Kier alpha value is -1.96. The highest BCUT2D eigenvalue weighted by atomic mass is 32.1. The molecule has 1 aromatic heterocycles. The number of rotatable bonds is 6. The van der Waals surface area contributed by atoms with Crippen molar-refractivity contribution in [1.82, 2.24) is 9.88 Å². The van der Waals surface area contributed by atoms with Crippen molar-refractivity contribution in [2.45, 2.75) is 26.4 Å². The van der Waals surface area contributed by atoms with Crippen molar-refractivity contribution in [2.75, 3.05) is 43.6 Å². The van der Waals surface area contributed by atoms with E-state index in [1.807, 2.05) is 44.1 Å². The van der Waals surface area contributed by atoms with Gasteiger partial charge in [-0.15, -0.1) is 11.3 Å². The van der Waals surface area contributed by atoms with Crippen LogP contribution in [0.5, 0.6) is 0 Å². The Morgan fingerprint density at radius 3 is 2.65 bits per heavy atom. The number of nitrogens with one attached hydrogen (secondary N) is 1. The number of carbonyl (C=O) groups excluding carboxylic acids is 1. The lowest BCUT2D eigenvalue weighted by molar-refractivity contribution is -0.120. The summed E-state index contributed by atoms with van der Waals surface area (Å²) < 4.78 is 5.38. The normalized spacial score (nSPS) is 15.9. The Morgan fingerprint density at radius 2 is 2.04 bits per heavy atom. The predicted molar refractivity (Wildman–Crippen MR) is 106 cm³/mol. The minimum atomic E-state index is -0.226. The molecule has 6 nitrogen and oxygen atoms in total. The van der Waals surface area contributed by atoms with Crippen molar-refractivity contribution in [2.24, 2.45) is 0 Å². The van der Waals surface area contributed by atoms with Crippen LogP contribution in [0.2, 0.25) is 0 Å². The third-order valence-corrected chi connectivity index (χ3v) is 5.52. The summed E-state index contributed by atoms with van der Waals surface area (Å²) in [5, 5.41) is 4.05. The first-order chi connectivity index (χ1) is 12.5. The van der Waals surface area contributed by atoms with Gasteiger partial charge in [-0.2, -0.15) is 0 Å². The summed E-state index contributed by atoms with van der Waals surface area (Å²) in [5.74, 6) is -0.00661. The van der Waals surface area contributed by atoms with E-state index in [4.69, 9.17) is 4.74 Å². The first-order valence-electron chi connectivity index (χ1n) is 8.88. The quantitative estimate of drug-likeness (QED) is 0.843. The number of aromatic nitrogens is 1. The van der Waals surface area contributed by atoms with Crippen LogP contribution in [0.25, 0.3) is 0 Å². The maximum Gasteiger partial charge on any atom is 0.241 e. The first-order valence-corrected chi connectivity index (χ1v) is 9.70. The molecule has 2 aromatic rings. The number of aryl methyl sites for hydroxylation is 1. The highest BCUT2D eigenvalue weighted by Gasteiger charge is 2.19. The topological polar surface area (TPSA) is 57.7 Å². The van der Waals surface area contributed by atoms with Gasteiger partial charge < -0.3 is 15.0 Å². The molecule has 1 aliphatic rings. The maximum absolute atomic E-state index is 12.5. The molecule has 1 amide bonds. The molecule has 1 aromatic carbocycles. The van der Waals surface area contributed by atoms with Crippen LogP contribution in [0.15, 0.2) is 30.5 Å². The van der Waals surface area contributed by atoms with Crippen molar-refractivity contribution in [3.05, 3.63) is 40.3 Å². The SMILES string of the molecule is Cc1ncc(CN(C)C(C)C(=O)Nc2ccc(N3CCOCC3)cc2)s1. The number of amides is 1. The van der Waals surface area contributed by atoms with E-state index in [0.29, 0.717) is 0 Å². The van der Waals surface area contributed by atoms with Gasteiger partial charge in [0.15, 0.2) is 0 Å². The lowest BCUT2D eigenvalue weighted by Crippen LogP contribution is -2.39. The molecule has 0 bridgehead atoms. The zero-order chi connectivity index (χ0) is 18.5. The highest BCUT2D eigenvalue weighted by molar-refractivity contribution is 7.11. The number of anilines is 2. The van der Waals surface area contributed by atoms with Crippen LogP contribution >= 0.6 is 11.3 Å². The lowest BCUT2D eigenvalue weighted by atomic mass is 10.2. The van der Waals surface area contributed by atoms with Gasteiger partial charge in [-0.3, -0.25) is 9.69 Å².